The number of hydrogen-bond acceptors (Lipinski definition) is 2. The van der Waals surface area contributed by atoms with Crippen molar-refractivity contribution in [1.82, 2.24) is 0 Å². The number of nitrogens with zero attached hydrogens (tertiary/aromatic N) is 1. The number of nitriles is 1. The van der Waals surface area contributed by atoms with Gasteiger partial charge >= 0.3 is 0 Å². The molecule has 0 amide bonds. The average Bonchev–Trinajstić information content (AvgIpc) is 2.62. The zero-order valence-electron chi connectivity index (χ0n) is 8.32. The summed E-state index contributed by atoms with van der Waals surface area (Å²) < 4.78 is 11.9. The molecular weight excluding hydrogens is 182 g/mol. The Morgan fingerprint density at radius 1 is 1.62 bits per heavy atom. The molecule has 0 aromatic rings. The summed E-state index contributed by atoms with van der Waals surface area (Å²) in [5.74, 6) is 0.0508. The second-order valence-corrected chi connectivity index (χ2v) is 5.82. The van der Waals surface area contributed by atoms with E-state index in [4.69, 9.17) is 5.26 Å². The molecule has 0 saturated heterocycles. The highest BCUT2D eigenvalue weighted by Crippen LogP contribution is 2.30. The van der Waals surface area contributed by atoms with Crippen molar-refractivity contribution >= 4 is 10.8 Å². The molecule has 1 saturated carbocycles. The fourth-order valence-corrected chi connectivity index (χ4v) is 3.66. The third kappa shape index (κ3) is 2.31. The highest BCUT2D eigenvalue weighted by Gasteiger charge is 2.33. The quantitative estimate of drug-likeness (QED) is 0.699. The lowest BCUT2D eigenvalue weighted by Crippen LogP contribution is -2.26. The molecule has 1 fully saturated rings. The SMILES string of the molecule is CCC(C)S(=O)C1CCCC1C#N. The van der Waals surface area contributed by atoms with Crippen molar-refractivity contribution in [3.8, 4) is 6.07 Å². The molecule has 0 spiro atoms. The van der Waals surface area contributed by atoms with E-state index in [1.54, 1.807) is 0 Å². The topological polar surface area (TPSA) is 40.9 Å². The molecule has 74 valence electrons. The van der Waals surface area contributed by atoms with E-state index < -0.39 is 10.8 Å². The van der Waals surface area contributed by atoms with Crippen LogP contribution in [0.3, 0.4) is 0 Å². The molecule has 4 atom stereocenters. The lowest BCUT2D eigenvalue weighted by atomic mass is 10.1. The molecule has 0 bridgehead atoms. The van der Waals surface area contributed by atoms with E-state index in [-0.39, 0.29) is 16.4 Å². The van der Waals surface area contributed by atoms with Crippen molar-refractivity contribution in [2.24, 2.45) is 5.92 Å². The second kappa shape index (κ2) is 4.76. The molecule has 1 rings (SSSR count). The highest BCUT2D eigenvalue weighted by atomic mass is 32.2. The van der Waals surface area contributed by atoms with Gasteiger partial charge in [0.2, 0.25) is 0 Å². The Bertz CT molecular complexity index is 234. The van der Waals surface area contributed by atoms with Gasteiger partial charge in [-0.2, -0.15) is 5.26 Å². The van der Waals surface area contributed by atoms with E-state index in [1.807, 2.05) is 6.92 Å². The lowest BCUT2D eigenvalue weighted by molar-refractivity contribution is 0.633. The minimum absolute atomic E-state index is 0.0508. The van der Waals surface area contributed by atoms with Gasteiger partial charge in [-0.15, -0.1) is 0 Å². The van der Waals surface area contributed by atoms with Crippen LogP contribution >= 0.6 is 0 Å². The van der Waals surface area contributed by atoms with E-state index in [2.05, 4.69) is 13.0 Å². The first-order valence-corrected chi connectivity index (χ1v) is 6.27. The molecule has 1 aliphatic rings. The predicted molar refractivity (Wildman–Crippen MR) is 54.6 cm³/mol. The summed E-state index contributed by atoms with van der Waals surface area (Å²) in [7, 11) is -0.793. The van der Waals surface area contributed by atoms with Gasteiger partial charge in [0.15, 0.2) is 0 Å². The molecule has 0 heterocycles. The summed E-state index contributed by atoms with van der Waals surface area (Å²) >= 11 is 0. The Kier molecular flexibility index (Phi) is 3.92. The van der Waals surface area contributed by atoms with Crippen molar-refractivity contribution in [3.63, 3.8) is 0 Å². The Morgan fingerprint density at radius 2 is 2.31 bits per heavy atom. The van der Waals surface area contributed by atoms with E-state index in [1.165, 1.54) is 0 Å². The molecule has 0 N–H and O–H groups in total. The van der Waals surface area contributed by atoms with Crippen LogP contribution in [0.25, 0.3) is 0 Å². The monoisotopic (exact) mass is 199 g/mol. The summed E-state index contributed by atoms with van der Waals surface area (Å²) in [4.78, 5) is 0. The minimum Gasteiger partial charge on any atom is -0.259 e. The molecule has 4 unspecified atom stereocenters. The van der Waals surface area contributed by atoms with Crippen LogP contribution in [0.4, 0.5) is 0 Å². The van der Waals surface area contributed by atoms with Gasteiger partial charge in [-0.3, -0.25) is 4.21 Å². The third-order valence-electron chi connectivity index (χ3n) is 2.89. The normalized spacial score (nSPS) is 32.4. The van der Waals surface area contributed by atoms with E-state index in [0.29, 0.717) is 0 Å². The van der Waals surface area contributed by atoms with Crippen molar-refractivity contribution in [2.75, 3.05) is 0 Å². The maximum absolute atomic E-state index is 11.9. The van der Waals surface area contributed by atoms with Gasteiger partial charge in [-0.25, -0.2) is 0 Å². The standard InChI is InChI=1S/C10H17NOS/c1-3-8(2)13(12)10-6-4-5-9(10)7-11/h8-10H,3-6H2,1-2H3. The zero-order chi connectivity index (χ0) is 9.84. The highest BCUT2D eigenvalue weighted by molar-refractivity contribution is 7.86. The number of rotatable bonds is 3. The van der Waals surface area contributed by atoms with Crippen LogP contribution < -0.4 is 0 Å². The van der Waals surface area contributed by atoms with Gasteiger partial charge in [-0.1, -0.05) is 20.3 Å². The first-order valence-electron chi connectivity index (χ1n) is 4.99. The zero-order valence-corrected chi connectivity index (χ0v) is 9.14. The van der Waals surface area contributed by atoms with E-state index >= 15 is 0 Å². The van der Waals surface area contributed by atoms with Gasteiger partial charge in [0.05, 0.1) is 17.2 Å². The van der Waals surface area contributed by atoms with Crippen LogP contribution in [0.1, 0.15) is 39.5 Å². The molecule has 3 heteroatoms. The summed E-state index contributed by atoms with van der Waals surface area (Å²) in [5.41, 5.74) is 0. The predicted octanol–water partition coefficient (Wildman–Crippen LogP) is 2.23. The van der Waals surface area contributed by atoms with Crippen LogP contribution in [0.5, 0.6) is 0 Å². The van der Waals surface area contributed by atoms with Gasteiger partial charge in [0.25, 0.3) is 0 Å². The molecule has 13 heavy (non-hydrogen) atoms. The minimum atomic E-state index is -0.793. The Morgan fingerprint density at radius 3 is 2.85 bits per heavy atom. The molecule has 0 aliphatic heterocycles. The van der Waals surface area contributed by atoms with Crippen LogP contribution in [-0.2, 0) is 10.8 Å². The maximum atomic E-state index is 11.9. The summed E-state index contributed by atoms with van der Waals surface area (Å²) in [6, 6.07) is 2.28. The third-order valence-corrected chi connectivity index (χ3v) is 5.18. The average molecular weight is 199 g/mol. The fraction of sp³-hybridized carbons (Fsp3) is 0.900. The fourth-order valence-electron chi connectivity index (χ4n) is 1.81. The van der Waals surface area contributed by atoms with Crippen molar-refractivity contribution < 1.29 is 4.21 Å². The van der Waals surface area contributed by atoms with E-state index in [0.717, 1.165) is 25.7 Å². The van der Waals surface area contributed by atoms with E-state index in [9.17, 15) is 4.21 Å². The first-order chi connectivity index (χ1) is 6.20. The summed E-state index contributed by atoms with van der Waals surface area (Å²) in [5, 5.41) is 9.26. The molecular formula is C10H17NOS. The summed E-state index contributed by atoms with van der Waals surface area (Å²) in [6.45, 7) is 4.07. The molecule has 0 radical (unpaired) electrons. The number of hydrogen-bond donors (Lipinski definition) is 0. The Balaban J connectivity index is 2.61. The van der Waals surface area contributed by atoms with Gasteiger partial charge in [0, 0.05) is 16.0 Å². The molecule has 1 aliphatic carbocycles. The molecule has 0 aromatic carbocycles. The van der Waals surface area contributed by atoms with Gasteiger partial charge in [-0.05, 0) is 19.3 Å². The summed E-state index contributed by atoms with van der Waals surface area (Å²) in [6.07, 6.45) is 3.95. The second-order valence-electron chi connectivity index (χ2n) is 3.75. The van der Waals surface area contributed by atoms with Crippen molar-refractivity contribution in [2.45, 2.75) is 50.0 Å². The maximum Gasteiger partial charge on any atom is 0.0668 e. The van der Waals surface area contributed by atoms with Crippen LogP contribution in [0.15, 0.2) is 0 Å². The smallest absolute Gasteiger partial charge is 0.0668 e. The van der Waals surface area contributed by atoms with Crippen LogP contribution in [0, 0.1) is 17.2 Å². The Labute approximate surface area is 82.8 Å². The van der Waals surface area contributed by atoms with Crippen molar-refractivity contribution in [3.05, 3.63) is 0 Å². The van der Waals surface area contributed by atoms with Crippen molar-refractivity contribution in [1.29, 1.82) is 5.26 Å². The first kappa shape index (κ1) is 10.7. The van der Waals surface area contributed by atoms with Crippen LogP contribution in [0.2, 0.25) is 0 Å². The van der Waals surface area contributed by atoms with Crippen LogP contribution in [-0.4, -0.2) is 14.7 Å². The molecule has 0 aromatic heterocycles. The Hall–Kier alpha value is -0.360. The molecule has 2 nitrogen and oxygen atoms in total. The van der Waals surface area contributed by atoms with Gasteiger partial charge in [0.1, 0.15) is 0 Å². The largest absolute Gasteiger partial charge is 0.259 e. The van der Waals surface area contributed by atoms with Gasteiger partial charge < -0.3 is 0 Å². The lowest BCUT2D eigenvalue weighted by Gasteiger charge is -2.17.